The highest BCUT2D eigenvalue weighted by molar-refractivity contribution is 7.90. The molecule has 90 valence electrons. The summed E-state index contributed by atoms with van der Waals surface area (Å²) in [6, 6.07) is 8.33. The Labute approximate surface area is 101 Å². The standard InChI is InChI=1S/C12H13NO3S/c1-10-3-5-12(6-4-10)17(14,15)13-8-7-11(9-13)16-2/h3-9H,1-2H3. The van der Waals surface area contributed by atoms with Gasteiger partial charge in [0, 0.05) is 6.20 Å². The molecule has 0 radical (unpaired) electrons. The summed E-state index contributed by atoms with van der Waals surface area (Å²) in [7, 11) is -2.01. The zero-order chi connectivity index (χ0) is 12.5. The third kappa shape index (κ3) is 2.19. The lowest BCUT2D eigenvalue weighted by molar-refractivity contribution is 0.415. The van der Waals surface area contributed by atoms with Crippen molar-refractivity contribution in [3.63, 3.8) is 0 Å². The van der Waals surface area contributed by atoms with Crippen LogP contribution in [0.1, 0.15) is 5.56 Å². The van der Waals surface area contributed by atoms with Crippen LogP contribution in [0.15, 0.2) is 47.6 Å². The van der Waals surface area contributed by atoms with E-state index in [0.717, 1.165) is 9.54 Å². The lowest BCUT2D eigenvalue weighted by Gasteiger charge is -2.05. The van der Waals surface area contributed by atoms with E-state index in [2.05, 4.69) is 0 Å². The number of ether oxygens (including phenoxy) is 1. The van der Waals surface area contributed by atoms with Gasteiger partial charge in [-0.15, -0.1) is 0 Å². The molecule has 4 nitrogen and oxygen atoms in total. The molecule has 0 bridgehead atoms. The fraction of sp³-hybridized carbons (Fsp3) is 0.167. The number of methoxy groups -OCH3 is 1. The fourth-order valence-electron chi connectivity index (χ4n) is 1.46. The zero-order valence-electron chi connectivity index (χ0n) is 9.62. The lowest BCUT2D eigenvalue weighted by Crippen LogP contribution is -2.10. The maximum atomic E-state index is 12.2. The molecule has 0 spiro atoms. The van der Waals surface area contributed by atoms with Gasteiger partial charge in [0.15, 0.2) is 0 Å². The molecule has 0 aliphatic rings. The Morgan fingerprint density at radius 2 is 1.76 bits per heavy atom. The van der Waals surface area contributed by atoms with Crippen molar-refractivity contribution in [2.24, 2.45) is 0 Å². The molecule has 17 heavy (non-hydrogen) atoms. The summed E-state index contributed by atoms with van der Waals surface area (Å²) in [6.07, 6.45) is 2.91. The Morgan fingerprint density at radius 1 is 1.12 bits per heavy atom. The van der Waals surface area contributed by atoms with Crippen LogP contribution in [0.2, 0.25) is 0 Å². The van der Waals surface area contributed by atoms with Gasteiger partial charge in [0.05, 0.1) is 18.2 Å². The van der Waals surface area contributed by atoms with E-state index in [-0.39, 0.29) is 4.90 Å². The molecule has 0 atom stereocenters. The summed E-state index contributed by atoms with van der Waals surface area (Å²) in [5, 5.41) is 0. The first-order chi connectivity index (χ1) is 8.04. The molecule has 0 fully saturated rings. The molecule has 0 saturated carbocycles. The van der Waals surface area contributed by atoms with Gasteiger partial charge >= 0.3 is 0 Å². The molecule has 0 amide bonds. The molecule has 1 aromatic heterocycles. The largest absolute Gasteiger partial charge is 0.495 e. The van der Waals surface area contributed by atoms with Gasteiger partial charge in [-0.1, -0.05) is 17.7 Å². The summed E-state index contributed by atoms with van der Waals surface area (Å²) in [5.74, 6) is 0.515. The second kappa shape index (κ2) is 4.25. The summed E-state index contributed by atoms with van der Waals surface area (Å²) in [6.45, 7) is 1.91. The third-order valence-electron chi connectivity index (χ3n) is 2.47. The van der Waals surface area contributed by atoms with Gasteiger partial charge < -0.3 is 4.74 Å². The molecular weight excluding hydrogens is 238 g/mol. The van der Waals surface area contributed by atoms with Crippen LogP contribution >= 0.6 is 0 Å². The topological polar surface area (TPSA) is 48.3 Å². The number of rotatable bonds is 3. The van der Waals surface area contributed by atoms with Crippen molar-refractivity contribution < 1.29 is 13.2 Å². The minimum Gasteiger partial charge on any atom is -0.495 e. The zero-order valence-corrected chi connectivity index (χ0v) is 10.4. The van der Waals surface area contributed by atoms with E-state index in [1.54, 1.807) is 30.3 Å². The molecule has 0 unspecified atom stereocenters. The first-order valence-electron chi connectivity index (χ1n) is 5.08. The van der Waals surface area contributed by atoms with Crippen molar-refractivity contribution >= 4 is 10.0 Å². The molecule has 2 aromatic rings. The van der Waals surface area contributed by atoms with E-state index < -0.39 is 10.0 Å². The van der Waals surface area contributed by atoms with Gasteiger partial charge in [-0.05, 0) is 25.1 Å². The van der Waals surface area contributed by atoms with Gasteiger partial charge in [0.1, 0.15) is 5.75 Å². The third-order valence-corrected chi connectivity index (χ3v) is 4.12. The van der Waals surface area contributed by atoms with Crippen molar-refractivity contribution in [1.82, 2.24) is 3.97 Å². The first kappa shape index (κ1) is 11.7. The normalized spacial score (nSPS) is 11.4. The monoisotopic (exact) mass is 251 g/mol. The highest BCUT2D eigenvalue weighted by Crippen LogP contribution is 2.18. The Balaban J connectivity index is 2.46. The summed E-state index contributed by atoms with van der Waals surface area (Å²) < 4.78 is 30.5. The predicted molar refractivity (Wildman–Crippen MR) is 64.7 cm³/mol. The number of nitrogens with zero attached hydrogens (tertiary/aromatic N) is 1. The van der Waals surface area contributed by atoms with Crippen molar-refractivity contribution in [3.05, 3.63) is 48.3 Å². The number of benzene rings is 1. The maximum absolute atomic E-state index is 12.2. The van der Waals surface area contributed by atoms with Crippen molar-refractivity contribution in [1.29, 1.82) is 0 Å². The quantitative estimate of drug-likeness (QED) is 0.838. The molecule has 0 aliphatic carbocycles. The average Bonchev–Trinajstić information content (AvgIpc) is 2.78. The highest BCUT2D eigenvalue weighted by Gasteiger charge is 2.16. The SMILES string of the molecule is COc1ccn(S(=O)(=O)c2ccc(C)cc2)c1. The van der Waals surface area contributed by atoms with Crippen LogP contribution in [0.5, 0.6) is 5.75 Å². The molecule has 1 heterocycles. The Morgan fingerprint density at radius 3 is 2.29 bits per heavy atom. The second-order valence-electron chi connectivity index (χ2n) is 3.70. The van der Waals surface area contributed by atoms with Gasteiger partial charge in [-0.3, -0.25) is 0 Å². The van der Waals surface area contributed by atoms with E-state index in [4.69, 9.17) is 4.74 Å². The number of hydrogen-bond donors (Lipinski definition) is 0. The van der Waals surface area contributed by atoms with Crippen molar-refractivity contribution in [2.75, 3.05) is 7.11 Å². The summed E-state index contributed by atoms with van der Waals surface area (Å²) >= 11 is 0. The van der Waals surface area contributed by atoms with E-state index in [1.807, 2.05) is 6.92 Å². The minimum atomic E-state index is -3.51. The minimum absolute atomic E-state index is 0.265. The van der Waals surface area contributed by atoms with Crippen LogP contribution in [0.3, 0.4) is 0 Å². The van der Waals surface area contributed by atoms with Gasteiger partial charge in [0.25, 0.3) is 10.0 Å². The average molecular weight is 251 g/mol. The van der Waals surface area contributed by atoms with Crippen molar-refractivity contribution in [2.45, 2.75) is 11.8 Å². The van der Waals surface area contributed by atoms with Gasteiger partial charge in [-0.2, -0.15) is 0 Å². The summed E-state index contributed by atoms with van der Waals surface area (Å²) in [5.41, 5.74) is 1.02. The van der Waals surface area contributed by atoms with Crippen LogP contribution in [-0.4, -0.2) is 19.5 Å². The van der Waals surface area contributed by atoms with Crippen LogP contribution in [0.25, 0.3) is 0 Å². The lowest BCUT2D eigenvalue weighted by atomic mass is 10.2. The highest BCUT2D eigenvalue weighted by atomic mass is 32.2. The maximum Gasteiger partial charge on any atom is 0.267 e. The first-order valence-corrected chi connectivity index (χ1v) is 6.52. The molecule has 1 aromatic carbocycles. The second-order valence-corrected chi connectivity index (χ2v) is 5.54. The Hall–Kier alpha value is -1.75. The van der Waals surface area contributed by atoms with Crippen molar-refractivity contribution in [3.8, 4) is 5.75 Å². The van der Waals surface area contributed by atoms with Crippen LogP contribution in [0.4, 0.5) is 0 Å². The van der Waals surface area contributed by atoms with E-state index >= 15 is 0 Å². The molecular formula is C12H13NO3S. The van der Waals surface area contributed by atoms with Crippen LogP contribution in [-0.2, 0) is 10.0 Å². The van der Waals surface area contributed by atoms with Gasteiger partial charge in [0.2, 0.25) is 0 Å². The Bertz CT molecular complexity index is 611. The summed E-state index contributed by atoms with van der Waals surface area (Å²) in [4.78, 5) is 0.265. The van der Waals surface area contributed by atoms with Gasteiger partial charge in [-0.25, -0.2) is 12.4 Å². The predicted octanol–water partition coefficient (Wildman–Crippen LogP) is 2.04. The van der Waals surface area contributed by atoms with E-state index in [1.165, 1.54) is 19.5 Å². The number of hydrogen-bond acceptors (Lipinski definition) is 3. The molecule has 0 N–H and O–H groups in total. The Kier molecular flexibility index (Phi) is 2.93. The van der Waals surface area contributed by atoms with E-state index in [9.17, 15) is 8.42 Å². The molecule has 2 rings (SSSR count). The molecule has 0 aliphatic heterocycles. The number of aromatic nitrogens is 1. The van der Waals surface area contributed by atoms with Crippen LogP contribution < -0.4 is 4.74 Å². The number of aryl methyl sites for hydroxylation is 1. The van der Waals surface area contributed by atoms with Crippen LogP contribution in [0, 0.1) is 6.92 Å². The van der Waals surface area contributed by atoms with E-state index in [0.29, 0.717) is 5.75 Å². The molecule has 0 saturated heterocycles. The molecule has 5 heteroatoms. The fourth-order valence-corrected chi connectivity index (χ4v) is 2.65. The smallest absolute Gasteiger partial charge is 0.267 e.